The third-order valence-corrected chi connectivity index (χ3v) is 7.06. The van der Waals surface area contributed by atoms with E-state index in [0.717, 1.165) is 74.2 Å². The predicted molar refractivity (Wildman–Crippen MR) is 130 cm³/mol. The maximum atomic E-state index is 12.5. The number of nitrogens with zero attached hydrogens (tertiary/aromatic N) is 3. The van der Waals surface area contributed by atoms with Gasteiger partial charge in [0.2, 0.25) is 0 Å². The molecule has 8 nitrogen and oxygen atoms in total. The van der Waals surface area contributed by atoms with E-state index in [1.54, 1.807) is 6.33 Å². The van der Waals surface area contributed by atoms with Gasteiger partial charge in [-0.25, -0.2) is 14.8 Å². The number of hydrogen-bond donors (Lipinski definition) is 4. The van der Waals surface area contributed by atoms with Crippen LogP contribution in [0, 0.1) is 5.92 Å². The van der Waals surface area contributed by atoms with Crippen molar-refractivity contribution in [2.45, 2.75) is 50.5 Å². The van der Waals surface area contributed by atoms with Crippen LogP contribution in [0.3, 0.4) is 0 Å². The number of benzene rings is 1. The highest BCUT2D eigenvalue weighted by atomic mass is 16.3. The summed E-state index contributed by atoms with van der Waals surface area (Å²) in [6.45, 7) is 2.37. The van der Waals surface area contributed by atoms with Gasteiger partial charge in [-0.05, 0) is 49.4 Å². The Kier molecular flexibility index (Phi) is 6.44. The number of urea groups is 1. The fourth-order valence-electron chi connectivity index (χ4n) is 5.25. The van der Waals surface area contributed by atoms with E-state index in [2.05, 4.69) is 42.6 Å². The molecule has 1 saturated heterocycles. The second-order valence-electron chi connectivity index (χ2n) is 9.29. The van der Waals surface area contributed by atoms with Gasteiger partial charge in [0.05, 0.1) is 11.5 Å². The number of aliphatic hydroxyl groups is 1. The number of aliphatic hydroxyl groups excluding tert-OH is 1. The normalized spacial score (nSPS) is 23.4. The first-order valence-corrected chi connectivity index (χ1v) is 12.0. The Labute approximate surface area is 193 Å². The van der Waals surface area contributed by atoms with Gasteiger partial charge in [0.25, 0.3) is 0 Å². The molecule has 0 bridgehead atoms. The average molecular weight is 449 g/mol. The molecule has 3 heterocycles. The SMILES string of the molecule is O=C(NC[C@H]1CCCC[C@H]1O)Nc1cccc(C2CCCN(c3ncnc4[nH]ccc34)C2)c1. The Morgan fingerprint density at radius 3 is 2.97 bits per heavy atom. The summed E-state index contributed by atoms with van der Waals surface area (Å²) in [5.74, 6) is 1.49. The minimum Gasteiger partial charge on any atom is -0.393 e. The zero-order valence-corrected chi connectivity index (χ0v) is 18.8. The monoisotopic (exact) mass is 448 g/mol. The summed E-state index contributed by atoms with van der Waals surface area (Å²) in [6, 6.07) is 9.96. The number of rotatable bonds is 5. The van der Waals surface area contributed by atoms with E-state index in [4.69, 9.17) is 0 Å². The largest absolute Gasteiger partial charge is 0.393 e. The Morgan fingerprint density at radius 1 is 1.15 bits per heavy atom. The van der Waals surface area contributed by atoms with E-state index in [1.165, 1.54) is 5.56 Å². The number of carbonyl (C=O) groups is 1. The van der Waals surface area contributed by atoms with Crippen LogP contribution in [0.15, 0.2) is 42.9 Å². The Hall–Kier alpha value is -3.13. The molecule has 2 fully saturated rings. The molecule has 33 heavy (non-hydrogen) atoms. The van der Waals surface area contributed by atoms with E-state index >= 15 is 0 Å². The van der Waals surface area contributed by atoms with Crippen LogP contribution in [0.25, 0.3) is 11.0 Å². The number of hydrogen-bond acceptors (Lipinski definition) is 5. The zero-order chi connectivity index (χ0) is 22.6. The molecular formula is C25H32N6O2. The molecule has 0 spiro atoms. The highest BCUT2D eigenvalue weighted by Gasteiger charge is 2.25. The van der Waals surface area contributed by atoms with E-state index in [-0.39, 0.29) is 18.1 Å². The van der Waals surface area contributed by atoms with Gasteiger partial charge in [-0.2, -0.15) is 0 Å². The average Bonchev–Trinajstić information content (AvgIpc) is 3.33. The molecule has 2 aliphatic rings. The van der Waals surface area contributed by atoms with Crippen molar-refractivity contribution in [2.24, 2.45) is 5.92 Å². The van der Waals surface area contributed by atoms with Crippen molar-refractivity contribution in [3.63, 3.8) is 0 Å². The molecule has 1 saturated carbocycles. The molecule has 2 aromatic heterocycles. The number of carbonyl (C=O) groups excluding carboxylic acids is 1. The first kappa shape index (κ1) is 21.7. The third-order valence-electron chi connectivity index (χ3n) is 7.06. The van der Waals surface area contributed by atoms with Crippen molar-refractivity contribution >= 4 is 28.6 Å². The van der Waals surface area contributed by atoms with Gasteiger partial charge in [-0.3, -0.25) is 0 Å². The van der Waals surface area contributed by atoms with Gasteiger partial charge >= 0.3 is 6.03 Å². The fourth-order valence-corrected chi connectivity index (χ4v) is 5.25. The first-order chi connectivity index (χ1) is 16.2. The van der Waals surface area contributed by atoms with Crippen molar-refractivity contribution in [1.82, 2.24) is 20.3 Å². The molecule has 1 aromatic carbocycles. The number of amides is 2. The van der Waals surface area contributed by atoms with Gasteiger partial charge in [-0.1, -0.05) is 25.0 Å². The smallest absolute Gasteiger partial charge is 0.319 e. The molecule has 174 valence electrons. The van der Waals surface area contributed by atoms with Crippen LogP contribution in [0.1, 0.15) is 50.0 Å². The van der Waals surface area contributed by atoms with Crippen LogP contribution >= 0.6 is 0 Å². The van der Waals surface area contributed by atoms with Gasteiger partial charge in [0.1, 0.15) is 17.8 Å². The number of aromatic nitrogens is 3. The quantitative estimate of drug-likeness (QED) is 0.472. The molecule has 5 rings (SSSR count). The van der Waals surface area contributed by atoms with E-state index in [9.17, 15) is 9.90 Å². The Morgan fingerprint density at radius 2 is 2.06 bits per heavy atom. The van der Waals surface area contributed by atoms with Gasteiger partial charge in [0.15, 0.2) is 0 Å². The highest BCUT2D eigenvalue weighted by Crippen LogP contribution is 2.32. The van der Waals surface area contributed by atoms with Gasteiger partial charge in [-0.15, -0.1) is 0 Å². The number of nitrogens with one attached hydrogen (secondary N) is 3. The fraction of sp³-hybridized carbons (Fsp3) is 0.480. The molecule has 3 atom stereocenters. The summed E-state index contributed by atoms with van der Waals surface area (Å²) in [7, 11) is 0. The van der Waals surface area contributed by atoms with Crippen LogP contribution in [0.4, 0.5) is 16.3 Å². The summed E-state index contributed by atoms with van der Waals surface area (Å²) in [4.78, 5) is 26.8. The maximum absolute atomic E-state index is 12.5. The number of anilines is 2. The van der Waals surface area contributed by atoms with E-state index in [0.29, 0.717) is 12.5 Å². The van der Waals surface area contributed by atoms with E-state index in [1.807, 2.05) is 24.4 Å². The summed E-state index contributed by atoms with van der Waals surface area (Å²) < 4.78 is 0. The number of aromatic amines is 1. The molecule has 1 unspecified atom stereocenters. The van der Waals surface area contributed by atoms with Crippen LogP contribution < -0.4 is 15.5 Å². The Bertz CT molecular complexity index is 1100. The number of fused-ring (bicyclic) bond motifs is 1. The second-order valence-corrected chi connectivity index (χ2v) is 9.29. The standard InChI is InChI=1S/C25H32N6O2/c32-22-9-2-1-5-18(22)14-27-25(33)30-20-8-3-6-17(13-20)19-7-4-12-31(15-19)24-21-10-11-26-23(21)28-16-29-24/h3,6,8,10-11,13,16,18-19,22,32H,1-2,4-5,7,9,12,14-15H2,(H,26,28,29)(H2,27,30,33)/t18-,19?,22-/m1/s1. The molecule has 3 aromatic rings. The molecule has 4 N–H and O–H groups in total. The van der Waals surface area contributed by atoms with Crippen LogP contribution in [-0.4, -0.2) is 51.8 Å². The minimum absolute atomic E-state index is 0.150. The molecule has 8 heteroatoms. The topological polar surface area (TPSA) is 106 Å². The number of piperidine rings is 1. The lowest BCUT2D eigenvalue weighted by Crippen LogP contribution is -2.38. The molecule has 0 radical (unpaired) electrons. The zero-order valence-electron chi connectivity index (χ0n) is 18.8. The van der Waals surface area contributed by atoms with Crippen molar-refractivity contribution in [3.05, 3.63) is 48.4 Å². The number of H-pyrrole nitrogens is 1. The lowest BCUT2D eigenvalue weighted by atomic mass is 9.86. The lowest BCUT2D eigenvalue weighted by Gasteiger charge is -2.34. The van der Waals surface area contributed by atoms with Crippen molar-refractivity contribution < 1.29 is 9.90 Å². The molecule has 2 amide bonds. The molecular weight excluding hydrogens is 416 g/mol. The summed E-state index contributed by atoms with van der Waals surface area (Å²) in [5, 5.41) is 17.1. The van der Waals surface area contributed by atoms with Gasteiger partial charge in [0, 0.05) is 43.4 Å². The lowest BCUT2D eigenvalue weighted by molar-refractivity contribution is 0.0711. The summed E-state index contributed by atoms with van der Waals surface area (Å²) >= 11 is 0. The third kappa shape index (κ3) is 4.95. The highest BCUT2D eigenvalue weighted by molar-refractivity contribution is 5.89. The van der Waals surface area contributed by atoms with Crippen molar-refractivity contribution in [1.29, 1.82) is 0 Å². The summed E-state index contributed by atoms with van der Waals surface area (Å²) in [5.41, 5.74) is 2.88. The maximum Gasteiger partial charge on any atom is 0.319 e. The second kappa shape index (κ2) is 9.79. The van der Waals surface area contributed by atoms with Gasteiger partial charge < -0.3 is 25.6 Å². The van der Waals surface area contributed by atoms with Crippen LogP contribution in [-0.2, 0) is 0 Å². The molecule has 1 aliphatic carbocycles. The first-order valence-electron chi connectivity index (χ1n) is 12.0. The molecule has 1 aliphatic heterocycles. The Balaban J connectivity index is 1.22. The summed E-state index contributed by atoms with van der Waals surface area (Å²) in [6.07, 6.45) is 9.40. The van der Waals surface area contributed by atoms with Crippen LogP contribution in [0.5, 0.6) is 0 Å². The predicted octanol–water partition coefficient (Wildman–Crippen LogP) is 4.01. The van der Waals surface area contributed by atoms with Crippen LogP contribution in [0.2, 0.25) is 0 Å². The minimum atomic E-state index is -0.306. The van der Waals surface area contributed by atoms with E-state index < -0.39 is 0 Å². The van der Waals surface area contributed by atoms with Crippen molar-refractivity contribution in [2.75, 3.05) is 29.9 Å². The van der Waals surface area contributed by atoms with Crippen molar-refractivity contribution in [3.8, 4) is 0 Å².